The molecule has 0 amide bonds. The third-order valence-electron chi connectivity index (χ3n) is 3.08. The summed E-state index contributed by atoms with van der Waals surface area (Å²) in [7, 11) is -3.02. The average molecular weight is 304 g/mol. The molecule has 88 valence electrons. The van der Waals surface area contributed by atoms with Crippen LogP contribution in [-0.4, -0.2) is 25.5 Å². The van der Waals surface area contributed by atoms with E-state index in [1.807, 2.05) is 24.3 Å². The summed E-state index contributed by atoms with van der Waals surface area (Å²) in [6.45, 7) is 1.67. The van der Waals surface area contributed by atoms with Gasteiger partial charge in [-0.3, -0.25) is 0 Å². The van der Waals surface area contributed by atoms with Crippen molar-refractivity contribution in [2.75, 3.05) is 5.75 Å². The molecule has 0 radical (unpaired) electrons. The Balaban J connectivity index is 2.24. The van der Waals surface area contributed by atoms with Crippen molar-refractivity contribution in [3.05, 3.63) is 34.3 Å². The molecule has 0 heterocycles. The first-order valence-electron chi connectivity index (χ1n) is 5.20. The molecule has 0 aromatic heterocycles. The predicted molar refractivity (Wildman–Crippen MR) is 68.1 cm³/mol. The fraction of sp³-hybridized carbons (Fsp3) is 0.455. The molecule has 0 bridgehead atoms. The fourth-order valence-corrected chi connectivity index (χ4v) is 4.05. The third kappa shape index (κ3) is 2.04. The van der Waals surface area contributed by atoms with Gasteiger partial charge in [0.15, 0.2) is 9.84 Å². The molecule has 5 heteroatoms. The van der Waals surface area contributed by atoms with Crippen LogP contribution in [0.3, 0.4) is 0 Å². The normalized spacial score (nSPS) is 29.1. The quantitative estimate of drug-likeness (QED) is 0.924. The Kier molecular flexibility index (Phi) is 3.11. The Morgan fingerprint density at radius 1 is 1.31 bits per heavy atom. The van der Waals surface area contributed by atoms with E-state index in [-0.39, 0.29) is 17.7 Å². The molecular weight excluding hydrogens is 290 g/mol. The van der Waals surface area contributed by atoms with Gasteiger partial charge in [-0.2, -0.15) is 0 Å². The Bertz CT molecular complexity index is 483. The molecule has 3 atom stereocenters. The molecule has 1 fully saturated rings. The van der Waals surface area contributed by atoms with E-state index in [2.05, 4.69) is 15.9 Å². The van der Waals surface area contributed by atoms with E-state index in [0.29, 0.717) is 0 Å². The number of sulfone groups is 1. The number of hydrogen-bond donors (Lipinski definition) is 1. The lowest BCUT2D eigenvalue weighted by Gasteiger charge is -2.00. The Morgan fingerprint density at radius 3 is 2.38 bits per heavy atom. The molecule has 2 rings (SSSR count). The second-order valence-electron chi connectivity index (χ2n) is 4.07. The molecule has 1 aliphatic rings. The molecule has 0 aliphatic heterocycles. The first kappa shape index (κ1) is 12.1. The van der Waals surface area contributed by atoms with Gasteiger partial charge >= 0.3 is 0 Å². The molecule has 0 unspecified atom stereocenters. The van der Waals surface area contributed by atoms with Crippen molar-refractivity contribution in [1.82, 2.24) is 0 Å². The maximum atomic E-state index is 11.7. The average Bonchev–Trinajstić information content (AvgIpc) is 2.92. The summed E-state index contributed by atoms with van der Waals surface area (Å²) in [4.78, 5) is 0. The van der Waals surface area contributed by atoms with E-state index < -0.39 is 15.1 Å². The molecule has 0 spiro atoms. The van der Waals surface area contributed by atoms with Crippen molar-refractivity contribution in [2.45, 2.75) is 24.1 Å². The van der Waals surface area contributed by atoms with Crippen LogP contribution in [-0.2, 0) is 9.84 Å². The van der Waals surface area contributed by atoms with Crippen molar-refractivity contribution >= 4 is 25.8 Å². The monoisotopic (exact) mass is 303 g/mol. The van der Waals surface area contributed by atoms with Crippen molar-refractivity contribution in [3.8, 4) is 0 Å². The van der Waals surface area contributed by atoms with Gasteiger partial charge in [-0.05, 0) is 17.7 Å². The Labute approximate surface area is 104 Å². The highest BCUT2D eigenvalue weighted by Crippen LogP contribution is 2.45. The van der Waals surface area contributed by atoms with Gasteiger partial charge in [0.05, 0.1) is 5.25 Å². The molecule has 1 aromatic rings. The number of halogens is 1. The maximum absolute atomic E-state index is 11.7. The summed E-state index contributed by atoms with van der Waals surface area (Å²) in [5.74, 6) is 0.135. The largest absolute Gasteiger partial charge is 0.326 e. The highest BCUT2D eigenvalue weighted by molar-refractivity contribution is 9.10. The molecule has 16 heavy (non-hydrogen) atoms. The van der Waals surface area contributed by atoms with E-state index in [9.17, 15) is 8.42 Å². The summed E-state index contributed by atoms with van der Waals surface area (Å²) in [6.07, 6.45) is 0. The zero-order valence-electron chi connectivity index (χ0n) is 8.93. The standard InChI is InChI=1S/C11H14BrNO2S/c1-2-16(14,15)11-9(10(11)13)7-3-5-8(12)6-4-7/h3-6,9-11H,2,13H2,1H3/t9-,10+,11-/m0/s1. The van der Waals surface area contributed by atoms with Crippen LogP contribution in [0, 0.1) is 0 Å². The van der Waals surface area contributed by atoms with Crippen LogP contribution in [0.25, 0.3) is 0 Å². The van der Waals surface area contributed by atoms with E-state index in [0.717, 1.165) is 10.0 Å². The van der Waals surface area contributed by atoms with Crippen LogP contribution < -0.4 is 5.73 Å². The van der Waals surface area contributed by atoms with Crippen LogP contribution in [0.4, 0.5) is 0 Å². The second-order valence-corrected chi connectivity index (χ2v) is 7.43. The van der Waals surface area contributed by atoms with Crippen molar-refractivity contribution in [3.63, 3.8) is 0 Å². The third-order valence-corrected chi connectivity index (χ3v) is 5.85. The van der Waals surface area contributed by atoms with E-state index in [1.54, 1.807) is 6.92 Å². The first-order chi connectivity index (χ1) is 7.47. The summed E-state index contributed by atoms with van der Waals surface area (Å²) < 4.78 is 24.5. The number of benzene rings is 1. The van der Waals surface area contributed by atoms with Gasteiger partial charge in [-0.25, -0.2) is 8.42 Å². The van der Waals surface area contributed by atoms with Gasteiger partial charge in [0.25, 0.3) is 0 Å². The summed E-state index contributed by atoms with van der Waals surface area (Å²) in [6, 6.07) is 7.44. The number of hydrogen-bond acceptors (Lipinski definition) is 3. The minimum atomic E-state index is -3.02. The van der Waals surface area contributed by atoms with Gasteiger partial charge in [0.1, 0.15) is 0 Å². The molecule has 0 saturated heterocycles. The minimum Gasteiger partial charge on any atom is -0.326 e. The lowest BCUT2D eigenvalue weighted by Crippen LogP contribution is -2.17. The SMILES string of the molecule is CCS(=O)(=O)[C@@H]1[C@H](N)[C@@H]1c1ccc(Br)cc1. The minimum absolute atomic E-state index is 0.0296. The fourth-order valence-electron chi connectivity index (χ4n) is 2.06. The van der Waals surface area contributed by atoms with Crippen LogP contribution in [0.5, 0.6) is 0 Å². The van der Waals surface area contributed by atoms with Gasteiger partial charge < -0.3 is 5.73 Å². The zero-order valence-corrected chi connectivity index (χ0v) is 11.3. The van der Waals surface area contributed by atoms with Gasteiger partial charge in [-0.15, -0.1) is 0 Å². The van der Waals surface area contributed by atoms with Crippen LogP contribution >= 0.6 is 15.9 Å². The highest BCUT2D eigenvalue weighted by atomic mass is 79.9. The zero-order chi connectivity index (χ0) is 11.9. The van der Waals surface area contributed by atoms with Gasteiger partial charge in [0, 0.05) is 22.2 Å². The molecule has 1 saturated carbocycles. The van der Waals surface area contributed by atoms with Crippen LogP contribution in [0.2, 0.25) is 0 Å². The molecule has 1 aliphatic carbocycles. The van der Waals surface area contributed by atoms with Gasteiger partial charge in [-0.1, -0.05) is 35.0 Å². The van der Waals surface area contributed by atoms with E-state index >= 15 is 0 Å². The summed E-state index contributed by atoms with van der Waals surface area (Å²) >= 11 is 3.35. The topological polar surface area (TPSA) is 60.2 Å². The smallest absolute Gasteiger partial charge is 0.155 e. The van der Waals surface area contributed by atoms with Crippen LogP contribution in [0.15, 0.2) is 28.7 Å². The lowest BCUT2D eigenvalue weighted by atomic mass is 10.1. The van der Waals surface area contributed by atoms with Crippen LogP contribution in [0.1, 0.15) is 18.4 Å². The van der Waals surface area contributed by atoms with E-state index in [4.69, 9.17) is 5.73 Å². The molecule has 3 nitrogen and oxygen atoms in total. The predicted octanol–water partition coefficient (Wildman–Crippen LogP) is 1.68. The van der Waals surface area contributed by atoms with Crippen molar-refractivity contribution in [1.29, 1.82) is 0 Å². The van der Waals surface area contributed by atoms with Gasteiger partial charge in [0.2, 0.25) is 0 Å². The van der Waals surface area contributed by atoms with Crippen molar-refractivity contribution in [2.24, 2.45) is 5.73 Å². The summed E-state index contributed by atoms with van der Waals surface area (Å²) in [5, 5.41) is -0.390. The number of nitrogens with two attached hydrogens (primary N) is 1. The maximum Gasteiger partial charge on any atom is 0.155 e. The molecular formula is C11H14BrNO2S. The molecule has 2 N–H and O–H groups in total. The second kappa shape index (κ2) is 4.13. The lowest BCUT2D eigenvalue weighted by molar-refractivity contribution is 0.594. The molecule has 1 aromatic carbocycles. The summed E-state index contributed by atoms with van der Waals surface area (Å²) in [5.41, 5.74) is 6.86. The van der Waals surface area contributed by atoms with Crippen molar-refractivity contribution < 1.29 is 8.42 Å². The Hall–Kier alpha value is -0.390. The number of rotatable bonds is 3. The first-order valence-corrected chi connectivity index (χ1v) is 7.71. The Morgan fingerprint density at radius 2 is 1.88 bits per heavy atom. The highest BCUT2D eigenvalue weighted by Gasteiger charge is 2.55. The van der Waals surface area contributed by atoms with E-state index in [1.165, 1.54) is 0 Å².